The molecule has 1 atom stereocenters. The lowest BCUT2D eigenvalue weighted by Crippen LogP contribution is -2.34. The number of halogens is 1. The van der Waals surface area contributed by atoms with Crippen molar-refractivity contribution in [3.8, 4) is 0 Å². The van der Waals surface area contributed by atoms with Crippen LogP contribution in [0.25, 0.3) is 11.0 Å². The SMILES string of the molecule is CNCC=CC(=O)N1CCCC[C@@H](n2c(NC(=O)c3ccnc(C)c3)nc3cccc(Cl)c32)C1. The van der Waals surface area contributed by atoms with Crippen molar-refractivity contribution in [3.63, 3.8) is 0 Å². The summed E-state index contributed by atoms with van der Waals surface area (Å²) in [6.45, 7) is 3.68. The van der Waals surface area contributed by atoms with Crippen molar-refractivity contribution in [1.82, 2.24) is 24.8 Å². The van der Waals surface area contributed by atoms with Crippen molar-refractivity contribution in [2.45, 2.75) is 32.2 Å². The standard InChI is InChI=1S/C25H29ClN6O2/c1-17-15-18(11-13-28-17)24(34)30-25-29-21-9-5-8-20(26)23(21)32(25)19-7-3-4-14-31(16-19)22(33)10-6-12-27-2/h5-6,8-11,13,15,19,27H,3-4,7,12,14,16H2,1-2H3,(H,29,30,34)/t19-/m1/s1. The molecule has 0 bridgehead atoms. The number of aryl methyl sites for hydroxylation is 1. The van der Waals surface area contributed by atoms with Crippen LogP contribution in [-0.4, -0.2) is 57.9 Å². The van der Waals surface area contributed by atoms with E-state index in [-0.39, 0.29) is 17.9 Å². The molecule has 0 aliphatic carbocycles. The number of carbonyl (C=O) groups is 2. The molecule has 9 heteroatoms. The second-order valence-corrected chi connectivity index (χ2v) is 8.85. The van der Waals surface area contributed by atoms with Gasteiger partial charge in [0.05, 0.1) is 22.1 Å². The molecule has 2 N–H and O–H groups in total. The zero-order valence-corrected chi connectivity index (χ0v) is 20.2. The van der Waals surface area contributed by atoms with Gasteiger partial charge in [-0.3, -0.25) is 19.9 Å². The maximum atomic E-state index is 13.0. The number of nitrogens with zero attached hydrogens (tertiary/aromatic N) is 4. The Morgan fingerprint density at radius 3 is 2.91 bits per heavy atom. The number of hydrogen-bond donors (Lipinski definition) is 2. The lowest BCUT2D eigenvalue weighted by Gasteiger charge is -2.26. The molecule has 0 saturated carbocycles. The highest BCUT2D eigenvalue weighted by Gasteiger charge is 2.27. The van der Waals surface area contributed by atoms with Crippen molar-refractivity contribution in [1.29, 1.82) is 0 Å². The van der Waals surface area contributed by atoms with E-state index in [2.05, 4.69) is 15.6 Å². The molecule has 34 heavy (non-hydrogen) atoms. The number of nitrogens with one attached hydrogen (secondary N) is 2. The Hall–Kier alpha value is -3.23. The largest absolute Gasteiger partial charge is 0.337 e. The number of likely N-dealkylation sites (tertiary alicyclic amines) is 1. The van der Waals surface area contributed by atoms with Crippen LogP contribution in [-0.2, 0) is 4.79 Å². The van der Waals surface area contributed by atoms with Gasteiger partial charge in [0.2, 0.25) is 11.9 Å². The summed E-state index contributed by atoms with van der Waals surface area (Å²) in [6.07, 6.45) is 7.77. The Morgan fingerprint density at radius 2 is 2.12 bits per heavy atom. The number of fused-ring (bicyclic) bond motifs is 1. The van der Waals surface area contributed by atoms with E-state index in [1.807, 2.05) is 47.7 Å². The smallest absolute Gasteiger partial charge is 0.258 e. The number of carbonyl (C=O) groups excluding carboxylic acids is 2. The number of para-hydroxylation sites is 1. The van der Waals surface area contributed by atoms with Crippen LogP contribution in [0.1, 0.15) is 41.4 Å². The van der Waals surface area contributed by atoms with E-state index >= 15 is 0 Å². The molecule has 1 aliphatic rings. The Bertz CT molecular complexity index is 1220. The van der Waals surface area contributed by atoms with E-state index in [1.165, 1.54) is 0 Å². The minimum absolute atomic E-state index is 0.0180. The van der Waals surface area contributed by atoms with Crippen molar-refractivity contribution >= 4 is 40.4 Å². The third-order valence-corrected chi connectivity index (χ3v) is 6.26. The third kappa shape index (κ3) is 5.29. The van der Waals surface area contributed by atoms with Crippen LogP contribution in [0.5, 0.6) is 0 Å². The molecular weight excluding hydrogens is 452 g/mol. The highest BCUT2D eigenvalue weighted by atomic mass is 35.5. The van der Waals surface area contributed by atoms with Gasteiger partial charge in [-0.05, 0) is 57.5 Å². The summed E-state index contributed by atoms with van der Waals surface area (Å²) in [5.41, 5.74) is 2.72. The van der Waals surface area contributed by atoms with E-state index in [4.69, 9.17) is 16.6 Å². The summed E-state index contributed by atoms with van der Waals surface area (Å²) >= 11 is 6.61. The van der Waals surface area contributed by atoms with Crippen LogP contribution in [0.2, 0.25) is 5.02 Å². The fourth-order valence-corrected chi connectivity index (χ4v) is 4.58. The lowest BCUT2D eigenvalue weighted by atomic mass is 10.1. The van der Waals surface area contributed by atoms with Crippen molar-refractivity contribution in [2.24, 2.45) is 0 Å². The first kappa shape index (κ1) is 23.9. The molecule has 1 saturated heterocycles. The molecule has 1 fully saturated rings. The highest BCUT2D eigenvalue weighted by Crippen LogP contribution is 2.34. The number of likely N-dealkylation sites (N-methyl/N-ethyl adjacent to an activating group) is 1. The number of amides is 2. The molecule has 0 unspecified atom stereocenters. The first-order valence-electron chi connectivity index (χ1n) is 11.5. The van der Waals surface area contributed by atoms with Gasteiger partial charge in [0, 0.05) is 43.2 Å². The summed E-state index contributed by atoms with van der Waals surface area (Å²) in [6, 6.07) is 8.87. The van der Waals surface area contributed by atoms with Gasteiger partial charge in [-0.25, -0.2) is 4.98 Å². The molecule has 1 aromatic carbocycles. The molecule has 3 aromatic rings. The number of hydrogen-bond acceptors (Lipinski definition) is 5. The molecule has 3 heterocycles. The quantitative estimate of drug-likeness (QED) is 0.521. The average Bonchev–Trinajstić information content (AvgIpc) is 3.01. The van der Waals surface area contributed by atoms with Crippen molar-refractivity contribution in [2.75, 3.05) is 32.0 Å². The number of anilines is 1. The topological polar surface area (TPSA) is 92.2 Å². The van der Waals surface area contributed by atoms with Crippen LogP contribution < -0.4 is 10.6 Å². The molecule has 1 aliphatic heterocycles. The van der Waals surface area contributed by atoms with E-state index in [0.717, 1.165) is 30.5 Å². The predicted octanol–water partition coefficient (Wildman–Crippen LogP) is 3.97. The second-order valence-electron chi connectivity index (χ2n) is 8.45. The third-order valence-electron chi connectivity index (χ3n) is 5.95. The summed E-state index contributed by atoms with van der Waals surface area (Å²) in [5, 5.41) is 6.54. The Morgan fingerprint density at radius 1 is 1.26 bits per heavy atom. The van der Waals surface area contributed by atoms with Gasteiger partial charge in [-0.2, -0.15) is 0 Å². The van der Waals surface area contributed by atoms with E-state index in [0.29, 0.717) is 41.7 Å². The zero-order chi connectivity index (χ0) is 24.1. The van der Waals surface area contributed by atoms with Crippen LogP contribution >= 0.6 is 11.6 Å². The van der Waals surface area contributed by atoms with Crippen LogP contribution in [0, 0.1) is 6.92 Å². The molecule has 178 valence electrons. The Kier molecular flexibility index (Phi) is 7.59. The van der Waals surface area contributed by atoms with Crippen LogP contribution in [0.4, 0.5) is 5.95 Å². The first-order valence-corrected chi connectivity index (χ1v) is 11.9. The molecule has 4 rings (SSSR count). The fraction of sp³-hybridized carbons (Fsp3) is 0.360. The molecule has 2 amide bonds. The summed E-state index contributed by atoms with van der Waals surface area (Å²) in [4.78, 5) is 36.6. The Labute approximate surface area is 204 Å². The van der Waals surface area contributed by atoms with Crippen molar-refractivity contribution in [3.05, 3.63) is 65.0 Å². The summed E-state index contributed by atoms with van der Waals surface area (Å²) in [7, 11) is 1.84. The molecule has 8 nitrogen and oxygen atoms in total. The van der Waals surface area contributed by atoms with Gasteiger partial charge in [0.25, 0.3) is 5.91 Å². The van der Waals surface area contributed by atoms with Crippen molar-refractivity contribution < 1.29 is 9.59 Å². The maximum absolute atomic E-state index is 13.0. The normalized spacial score (nSPS) is 16.7. The number of rotatable bonds is 6. The van der Waals surface area contributed by atoms with E-state index in [9.17, 15) is 9.59 Å². The Balaban J connectivity index is 1.70. The molecule has 2 aromatic heterocycles. The first-order chi connectivity index (χ1) is 16.5. The summed E-state index contributed by atoms with van der Waals surface area (Å²) in [5.74, 6) is 0.137. The van der Waals surface area contributed by atoms with Gasteiger partial charge < -0.3 is 14.8 Å². The molecule has 0 radical (unpaired) electrons. The number of aromatic nitrogens is 3. The van der Waals surface area contributed by atoms with E-state index in [1.54, 1.807) is 24.4 Å². The second kappa shape index (κ2) is 10.8. The number of imidazole rings is 1. The minimum atomic E-state index is -0.269. The maximum Gasteiger partial charge on any atom is 0.258 e. The van der Waals surface area contributed by atoms with Gasteiger partial charge >= 0.3 is 0 Å². The molecule has 0 spiro atoms. The van der Waals surface area contributed by atoms with Gasteiger partial charge in [0.1, 0.15) is 0 Å². The van der Waals surface area contributed by atoms with Gasteiger partial charge in [-0.1, -0.05) is 23.7 Å². The molecular formula is C25H29ClN6O2. The van der Waals surface area contributed by atoms with Gasteiger partial charge in [-0.15, -0.1) is 0 Å². The lowest BCUT2D eigenvalue weighted by molar-refractivity contribution is -0.126. The highest BCUT2D eigenvalue weighted by molar-refractivity contribution is 6.35. The van der Waals surface area contributed by atoms with E-state index < -0.39 is 0 Å². The van der Waals surface area contributed by atoms with Crippen LogP contribution in [0.15, 0.2) is 48.7 Å². The van der Waals surface area contributed by atoms with Gasteiger partial charge in [0.15, 0.2) is 0 Å². The average molecular weight is 481 g/mol. The fourth-order valence-electron chi connectivity index (χ4n) is 4.32. The monoisotopic (exact) mass is 480 g/mol. The number of pyridine rings is 1. The summed E-state index contributed by atoms with van der Waals surface area (Å²) < 4.78 is 1.99. The minimum Gasteiger partial charge on any atom is -0.337 e. The zero-order valence-electron chi connectivity index (χ0n) is 19.4. The predicted molar refractivity (Wildman–Crippen MR) is 134 cm³/mol. The van der Waals surface area contributed by atoms with Crippen LogP contribution in [0.3, 0.4) is 0 Å². The number of benzene rings is 1.